The lowest BCUT2D eigenvalue weighted by molar-refractivity contribution is 0.146. The molecule has 19 heavy (non-hydrogen) atoms. The van der Waals surface area contributed by atoms with E-state index in [0.717, 1.165) is 18.2 Å². The van der Waals surface area contributed by atoms with E-state index in [1.165, 1.54) is 37.8 Å². The van der Waals surface area contributed by atoms with Gasteiger partial charge in [0, 0.05) is 19.3 Å². The van der Waals surface area contributed by atoms with E-state index in [2.05, 4.69) is 17.4 Å². The van der Waals surface area contributed by atoms with Crippen molar-refractivity contribution in [3.05, 3.63) is 24.3 Å². The number of hydrogen-bond donors (Lipinski definition) is 1. The largest absolute Gasteiger partial charge is 0.491 e. The number of anilines is 1. The van der Waals surface area contributed by atoms with E-state index >= 15 is 0 Å². The van der Waals surface area contributed by atoms with Crippen molar-refractivity contribution in [2.75, 3.05) is 32.2 Å². The van der Waals surface area contributed by atoms with Crippen LogP contribution < -0.4 is 10.1 Å². The predicted molar refractivity (Wildman–Crippen MR) is 78.9 cm³/mol. The Hall–Kier alpha value is -1.22. The van der Waals surface area contributed by atoms with E-state index in [9.17, 15) is 0 Å². The van der Waals surface area contributed by atoms with E-state index in [1.807, 2.05) is 12.1 Å². The molecule has 1 aromatic rings. The molecule has 0 radical (unpaired) electrons. The molecule has 0 unspecified atom stereocenters. The minimum Gasteiger partial charge on any atom is -0.491 e. The lowest BCUT2D eigenvalue weighted by Crippen LogP contribution is -2.17. The van der Waals surface area contributed by atoms with Crippen molar-refractivity contribution in [2.24, 2.45) is 5.92 Å². The van der Waals surface area contributed by atoms with E-state index in [1.54, 1.807) is 7.11 Å². The Labute approximate surface area is 116 Å². The fourth-order valence-electron chi connectivity index (χ4n) is 2.57. The van der Waals surface area contributed by atoms with Crippen LogP contribution in [0.4, 0.5) is 5.69 Å². The smallest absolute Gasteiger partial charge is 0.119 e. The SMILES string of the molecule is COCCOc1ccc(NCC2CCCCC2)cc1. The van der Waals surface area contributed by atoms with Crippen molar-refractivity contribution in [1.29, 1.82) is 0 Å². The molecule has 0 amide bonds. The van der Waals surface area contributed by atoms with Gasteiger partial charge in [-0.25, -0.2) is 0 Å². The van der Waals surface area contributed by atoms with Crippen molar-refractivity contribution in [1.82, 2.24) is 0 Å². The lowest BCUT2D eigenvalue weighted by Gasteiger charge is -2.22. The first-order valence-electron chi connectivity index (χ1n) is 7.34. The third-order valence-corrected chi connectivity index (χ3v) is 3.73. The summed E-state index contributed by atoms with van der Waals surface area (Å²) in [6.07, 6.45) is 6.98. The third kappa shape index (κ3) is 5.11. The van der Waals surface area contributed by atoms with Gasteiger partial charge >= 0.3 is 0 Å². The van der Waals surface area contributed by atoms with Crippen LogP contribution >= 0.6 is 0 Å². The van der Waals surface area contributed by atoms with Crippen molar-refractivity contribution < 1.29 is 9.47 Å². The highest BCUT2D eigenvalue weighted by Crippen LogP contribution is 2.24. The maximum Gasteiger partial charge on any atom is 0.119 e. The monoisotopic (exact) mass is 263 g/mol. The maximum absolute atomic E-state index is 5.54. The van der Waals surface area contributed by atoms with Gasteiger partial charge in [0.15, 0.2) is 0 Å². The van der Waals surface area contributed by atoms with Crippen molar-refractivity contribution >= 4 is 5.69 Å². The fourth-order valence-corrected chi connectivity index (χ4v) is 2.57. The Morgan fingerprint density at radius 3 is 2.47 bits per heavy atom. The second-order valence-corrected chi connectivity index (χ2v) is 5.25. The number of ether oxygens (including phenoxy) is 2. The molecule has 1 fully saturated rings. The van der Waals surface area contributed by atoms with Crippen LogP contribution in [0.2, 0.25) is 0 Å². The average molecular weight is 263 g/mol. The highest BCUT2D eigenvalue weighted by atomic mass is 16.5. The highest BCUT2D eigenvalue weighted by molar-refractivity contribution is 5.46. The minimum atomic E-state index is 0.603. The molecule has 0 heterocycles. The average Bonchev–Trinajstić information content (AvgIpc) is 2.48. The van der Waals surface area contributed by atoms with Gasteiger partial charge in [0.05, 0.1) is 6.61 Å². The number of nitrogens with one attached hydrogen (secondary N) is 1. The maximum atomic E-state index is 5.54. The zero-order chi connectivity index (χ0) is 13.3. The lowest BCUT2D eigenvalue weighted by atomic mass is 9.89. The normalized spacial score (nSPS) is 16.3. The molecular weight excluding hydrogens is 238 g/mol. The molecule has 1 aliphatic rings. The summed E-state index contributed by atoms with van der Waals surface area (Å²) < 4.78 is 10.5. The molecule has 3 nitrogen and oxygen atoms in total. The summed E-state index contributed by atoms with van der Waals surface area (Å²) >= 11 is 0. The van der Waals surface area contributed by atoms with Gasteiger partial charge in [0.2, 0.25) is 0 Å². The second-order valence-electron chi connectivity index (χ2n) is 5.25. The molecule has 0 saturated heterocycles. The van der Waals surface area contributed by atoms with Gasteiger partial charge in [-0.2, -0.15) is 0 Å². The number of hydrogen-bond acceptors (Lipinski definition) is 3. The number of rotatable bonds is 7. The first-order valence-corrected chi connectivity index (χ1v) is 7.34. The molecule has 1 N–H and O–H groups in total. The van der Waals surface area contributed by atoms with E-state index in [4.69, 9.17) is 9.47 Å². The standard InChI is InChI=1S/C16H25NO2/c1-18-11-12-19-16-9-7-15(8-10-16)17-13-14-5-3-2-4-6-14/h7-10,14,17H,2-6,11-13H2,1H3. The van der Waals surface area contributed by atoms with Gasteiger partial charge in [-0.1, -0.05) is 19.3 Å². The molecule has 106 valence electrons. The van der Waals surface area contributed by atoms with Crippen LogP contribution in [0.15, 0.2) is 24.3 Å². The fraction of sp³-hybridized carbons (Fsp3) is 0.625. The molecule has 0 atom stereocenters. The molecule has 2 rings (SSSR count). The van der Waals surface area contributed by atoms with Crippen LogP contribution in [0.5, 0.6) is 5.75 Å². The van der Waals surface area contributed by atoms with Crippen molar-refractivity contribution in [2.45, 2.75) is 32.1 Å². The molecule has 1 aromatic carbocycles. The Bertz CT molecular complexity index is 344. The highest BCUT2D eigenvalue weighted by Gasteiger charge is 2.12. The zero-order valence-corrected chi connectivity index (χ0v) is 11.9. The summed E-state index contributed by atoms with van der Waals surface area (Å²) in [5.74, 6) is 1.76. The summed E-state index contributed by atoms with van der Waals surface area (Å²) in [5, 5.41) is 3.53. The second kappa shape index (κ2) is 8.05. The summed E-state index contributed by atoms with van der Waals surface area (Å²) in [7, 11) is 1.68. The first-order chi connectivity index (χ1) is 9.38. The summed E-state index contributed by atoms with van der Waals surface area (Å²) in [4.78, 5) is 0. The Morgan fingerprint density at radius 2 is 1.79 bits per heavy atom. The van der Waals surface area contributed by atoms with E-state index < -0.39 is 0 Å². The zero-order valence-electron chi connectivity index (χ0n) is 11.9. The van der Waals surface area contributed by atoms with Crippen LogP contribution in [0.3, 0.4) is 0 Å². The number of benzene rings is 1. The third-order valence-electron chi connectivity index (χ3n) is 3.73. The van der Waals surface area contributed by atoms with Gasteiger partial charge in [-0.15, -0.1) is 0 Å². The van der Waals surface area contributed by atoms with Gasteiger partial charge in [0.25, 0.3) is 0 Å². The van der Waals surface area contributed by atoms with Crippen LogP contribution in [-0.2, 0) is 4.74 Å². The van der Waals surface area contributed by atoms with Gasteiger partial charge < -0.3 is 14.8 Å². The molecule has 0 spiro atoms. The first kappa shape index (κ1) is 14.2. The van der Waals surface area contributed by atoms with Crippen LogP contribution in [0.1, 0.15) is 32.1 Å². The van der Waals surface area contributed by atoms with Crippen LogP contribution in [-0.4, -0.2) is 26.9 Å². The topological polar surface area (TPSA) is 30.5 Å². The molecule has 3 heteroatoms. The predicted octanol–water partition coefficient (Wildman–Crippen LogP) is 3.70. The van der Waals surface area contributed by atoms with Crippen LogP contribution in [0, 0.1) is 5.92 Å². The van der Waals surface area contributed by atoms with Crippen LogP contribution in [0.25, 0.3) is 0 Å². The van der Waals surface area contributed by atoms with E-state index in [0.29, 0.717) is 13.2 Å². The molecule has 1 saturated carbocycles. The summed E-state index contributed by atoms with van der Waals surface area (Å²) in [6.45, 7) is 2.33. The Morgan fingerprint density at radius 1 is 1.05 bits per heavy atom. The van der Waals surface area contributed by atoms with Crippen molar-refractivity contribution in [3.63, 3.8) is 0 Å². The molecule has 0 aromatic heterocycles. The van der Waals surface area contributed by atoms with Crippen molar-refractivity contribution in [3.8, 4) is 5.75 Å². The summed E-state index contributed by atoms with van der Waals surface area (Å²) in [6, 6.07) is 8.20. The Balaban J connectivity index is 1.71. The number of methoxy groups -OCH3 is 1. The molecular formula is C16H25NO2. The molecule has 0 bridgehead atoms. The Kier molecular flexibility index (Phi) is 6.02. The van der Waals surface area contributed by atoms with E-state index in [-0.39, 0.29) is 0 Å². The molecule has 1 aliphatic carbocycles. The molecule has 0 aliphatic heterocycles. The quantitative estimate of drug-likeness (QED) is 0.761. The van der Waals surface area contributed by atoms with Gasteiger partial charge in [-0.3, -0.25) is 0 Å². The summed E-state index contributed by atoms with van der Waals surface area (Å²) in [5.41, 5.74) is 1.18. The minimum absolute atomic E-state index is 0.603. The van der Waals surface area contributed by atoms with Gasteiger partial charge in [0.1, 0.15) is 12.4 Å². The van der Waals surface area contributed by atoms with Gasteiger partial charge in [-0.05, 0) is 43.0 Å².